The van der Waals surface area contributed by atoms with Crippen LogP contribution in [-0.2, 0) is 9.53 Å². The molecule has 0 radical (unpaired) electrons. The van der Waals surface area contributed by atoms with E-state index in [-0.39, 0.29) is 6.03 Å². The lowest BCUT2D eigenvalue weighted by molar-refractivity contribution is -0.142. The van der Waals surface area contributed by atoms with Crippen molar-refractivity contribution in [1.29, 1.82) is 0 Å². The van der Waals surface area contributed by atoms with E-state index < -0.39 is 12.0 Å². The van der Waals surface area contributed by atoms with Crippen molar-refractivity contribution in [2.24, 2.45) is 0 Å². The largest absolute Gasteiger partial charge is 0.467 e. The number of esters is 1. The average molecular weight is 474 g/mol. The summed E-state index contributed by atoms with van der Waals surface area (Å²) in [7, 11) is 1.31. The predicted octanol–water partition coefficient (Wildman–Crippen LogP) is 3.03. The maximum Gasteiger partial charge on any atom is 0.328 e. The first-order chi connectivity index (χ1) is 14.5. The van der Waals surface area contributed by atoms with Gasteiger partial charge in [-0.2, -0.15) is 0 Å². The van der Waals surface area contributed by atoms with Gasteiger partial charge in [0.2, 0.25) is 0 Å². The Kier molecular flexibility index (Phi) is 5.80. The monoisotopic (exact) mass is 473 g/mol. The Morgan fingerprint density at radius 2 is 2.00 bits per heavy atom. The van der Waals surface area contributed by atoms with Crippen LogP contribution in [0.3, 0.4) is 0 Å². The number of benzene rings is 1. The summed E-state index contributed by atoms with van der Waals surface area (Å²) in [6.45, 7) is 4.24. The van der Waals surface area contributed by atoms with Gasteiger partial charge in [-0.15, -0.1) is 0 Å². The van der Waals surface area contributed by atoms with Crippen molar-refractivity contribution >= 4 is 50.3 Å². The smallest absolute Gasteiger partial charge is 0.328 e. The second-order valence-corrected chi connectivity index (χ2v) is 8.27. The molecule has 4 rings (SSSR count). The minimum Gasteiger partial charge on any atom is -0.467 e. The molecule has 1 aliphatic heterocycles. The second kappa shape index (κ2) is 8.51. The maximum absolute atomic E-state index is 12.6. The van der Waals surface area contributed by atoms with Gasteiger partial charge in [-0.25, -0.2) is 14.6 Å². The van der Waals surface area contributed by atoms with Crippen molar-refractivity contribution in [3.8, 4) is 0 Å². The number of fused-ring (bicyclic) bond motifs is 3. The van der Waals surface area contributed by atoms with Gasteiger partial charge in [0.25, 0.3) is 0 Å². The van der Waals surface area contributed by atoms with Gasteiger partial charge in [0, 0.05) is 36.8 Å². The molecule has 1 unspecified atom stereocenters. The molecule has 3 heterocycles. The van der Waals surface area contributed by atoms with Crippen molar-refractivity contribution in [2.45, 2.75) is 19.4 Å². The summed E-state index contributed by atoms with van der Waals surface area (Å²) in [5, 5.41) is 2.71. The van der Waals surface area contributed by atoms with E-state index in [1.54, 1.807) is 11.8 Å². The third kappa shape index (κ3) is 3.94. The fourth-order valence-corrected chi connectivity index (χ4v) is 4.16. The van der Waals surface area contributed by atoms with Crippen LogP contribution in [0.5, 0.6) is 0 Å². The van der Waals surface area contributed by atoms with Crippen molar-refractivity contribution in [3.05, 3.63) is 41.0 Å². The number of methoxy groups -OCH3 is 1. The Labute approximate surface area is 182 Å². The third-order valence-corrected chi connectivity index (χ3v) is 5.87. The van der Waals surface area contributed by atoms with Crippen molar-refractivity contribution in [3.63, 3.8) is 0 Å². The van der Waals surface area contributed by atoms with Crippen LogP contribution in [-0.4, -0.2) is 65.6 Å². The Morgan fingerprint density at radius 1 is 1.17 bits per heavy atom. The first kappa shape index (κ1) is 20.5. The van der Waals surface area contributed by atoms with Crippen LogP contribution in [0.1, 0.15) is 13.3 Å². The molecule has 1 fully saturated rings. The van der Waals surface area contributed by atoms with Crippen molar-refractivity contribution < 1.29 is 14.3 Å². The fraction of sp³-hybridized carbons (Fsp3) is 0.381. The number of nitrogens with zero attached hydrogens (tertiary/aromatic N) is 4. The molecular weight excluding hydrogens is 450 g/mol. The van der Waals surface area contributed by atoms with E-state index in [2.05, 4.69) is 47.4 Å². The fourth-order valence-electron chi connectivity index (χ4n) is 3.81. The van der Waals surface area contributed by atoms with Gasteiger partial charge >= 0.3 is 12.0 Å². The zero-order chi connectivity index (χ0) is 21.3. The number of hydrogen-bond acceptors (Lipinski definition) is 5. The number of nitrogens with one attached hydrogen (secondary N) is 1. The predicted molar refractivity (Wildman–Crippen MR) is 119 cm³/mol. The molecular formula is C21H24BrN5O3. The van der Waals surface area contributed by atoms with Crippen LogP contribution in [0.15, 0.2) is 41.0 Å². The summed E-state index contributed by atoms with van der Waals surface area (Å²) in [5.41, 5.74) is 3.01. The molecule has 0 spiro atoms. The number of aromatic nitrogens is 2. The number of halogens is 1. The number of anilines is 1. The molecule has 0 aliphatic carbocycles. The number of ether oxygens (including phenoxy) is 1. The molecule has 8 nitrogen and oxygen atoms in total. The molecule has 9 heteroatoms. The first-order valence-corrected chi connectivity index (χ1v) is 10.7. The minimum absolute atomic E-state index is 0.252. The zero-order valence-electron chi connectivity index (χ0n) is 17.0. The number of rotatable bonds is 3. The number of urea groups is 1. The van der Waals surface area contributed by atoms with E-state index in [9.17, 15) is 9.59 Å². The molecule has 1 atom stereocenters. The molecule has 2 aromatic heterocycles. The Morgan fingerprint density at radius 3 is 2.80 bits per heavy atom. The van der Waals surface area contributed by atoms with Crippen LogP contribution >= 0.6 is 15.9 Å². The number of amides is 2. The lowest BCUT2D eigenvalue weighted by Crippen LogP contribution is -2.48. The highest BCUT2D eigenvalue weighted by Gasteiger charge is 2.24. The summed E-state index contributed by atoms with van der Waals surface area (Å²) >= 11 is 3.53. The molecule has 0 saturated carbocycles. The van der Waals surface area contributed by atoms with Crippen LogP contribution in [0.2, 0.25) is 0 Å². The molecule has 1 saturated heterocycles. The van der Waals surface area contributed by atoms with Gasteiger partial charge < -0.3 is 24.3 Å². The van der Waals surface area contributed by atoms with E-state index in [0.29, 0.717) is 19.6 Å². The normalized spacial score (nSPS) is 15.8. The number of carbonyl (C=O) groups is 2. The van der Waals surface area contributed by atoms with Crippen LogP contribution in [0.25, 0.3) is 16.6 Å². The summed E-state index contributed by atoms with van der Waals surface area (Å²) in [6.07, 6.45) is 2.85. The molecule has 3 aromatic rings. The third-order valence-electron chi connectivity index (χ3n) is 5.38. The van der Waals surface area contributed by atoms with E-state index in [1.165, 1.54) is 7.11 Å². The minimum atomic E-state index is -0.678. The summed E-state index contributed by atoms with van der Waals surface area (Å²) < 4.78 is 7.82. The van der Waals surface area contributed by atoms with E-state index >= 15 is 0 Å². The summed E-state index contributed by atoms with van der Waals surface area (Å²) in [4.78, 5) is 33.1. The molecule has 158 valence electrons. The second-order valence-electron chi connectivity index (χ2n) is 7.35. The first-order valence-electron chi connectivity index (χ1n) is 9.92. The van der Waals surface area contributed by atoms with Gasteiger partial charge in [-0.05, 0) is 43.7 Å². The van der Waals surface area contributed by atoms with E-state index in [0.717, 1.165) is 39.8 Å². The molecule has 30 heavy (non-hydrogen) atoms. The van der Waals surface area contributed by atoms with E-state index in [1.807, 2.05) is 24.4 Å². The highest BCUT2D eigenvalue weighted by atomic mass is 79.9. The Hall–Kier alpha value is -2.81. The highest BCUT2D eigenvalue weighted by molar-refractivity contribution is 9.10. The van der Waals surface area contributed by atoms with Crippen LogP contribution < -0.4 is 10.2 Å². The van der Waals surface area contributed by atoms with Gasteiger partial charge in [-0.3, -0.25) is 0 Å². The van der Waals surface area contributed by atoms with Crippen molar-refractivity contribution in [1.82, 2.24) is 19.6 Å². The zero-order valence-corrected chi connectivity index (χ0v) is 18.6. The maximum atomic E-state index is 12.6. The Bertz CT molecular complexity index is 1100. The van der Waals surface area contributed by atoms with Gasteiger partial charge in [0.15, 0.2) is 5.82 Å². The highest BCUT2D eigenvalue weighted by Crippen LogP contribution is 2.27. The van der Waals surface area contributed by atoms with Gasteiger partial charge in [0.1, 0.15) is 6.04 Å². The van der Waals surface area contributed by atoms with Crippen LogP contribution in [0, 0.1) is 0 Å². The molecule has 0 bridgehead atoms. The quantitative estimate of drug-likeness (QED) is 0.591. The average Bonchev–Trinajstić information content (AvgIpc) is 3.10. The van der Waals surface area contributed by atoms with E-state index in [4.69, 9.17) is 4.98 Å². The topological polar surface area (TPSA) is 79.2 Å². The SMILES string of the molecule is COC(=O)C(C)NC(=O)N1CCCN(c2nc3cc(Br)ccc3n3cccc23)CC1. The van der Waals surface area contributed by atoms with Gasteiger partial charge in [0.05, 0.1) is 23.7 Å². The molecule has 1 aromatic carbocycles. The molecule has 2 amide bonds. The molecule has 1 aliphatic rings. The van der Waals surface area contributed by atoms with Gasteiger partial charge in [-0.1, -0.05) is 15.9 Å². The van der Waals surface area contributed by atoms with Crippen molar-refractivity contribution in [2.75, 3.05) is 38.2 Å². The number of carbonyl (C=O) groups excluding carboxylic acids is 2. The lowest BCUT2D eigenvalue weighted by atomic mass is 10.3. The lowest BCUT2D eigenvalue weighted by Gasteiger charge is -2.25. The Balaban J connectivity index is 1.56. The summed E-state index contributed by atoms with van der Waals surface area (Å²) in [6, 6.07) is 9.25. The number of hydrogen-bond donors (Lipinski definition) is 1. The summed E-state index contributed by atoms with van der Waals surface area (Å²) in [5.74, 6) is 0.456. The molecule has 1 N–H and O–H groups in total. The van der Waals surface area contributed by atoms with Crippen LogP contribution in [0.4, 0.5) is 10.6 Å². The standard InChI is InChI=1S/C21H24BrN5O3/c1-14(20(28)30-2)23-21(29)26-9-4-8-25(11-12-26)19-18-5-3-10-27(18)17-7-6-15(22)13-16(17)24-19/h3,5-7,10,13-14H,4,8-9,11-12H2,1-2H3,(H,23,29).